The molecular weight excluding hydrogens is 378 g/mol. The zero-order valence-corrected chi connectivity index (χ0v) is 17.6. The van der Waals surface area contributed by atoms with Gasteiger partial charge in [-0.15, -0.1) is 0 Å². The maximum atomic E-state index is 12.8. The number of amides is 1. The first-order valence-electron chi connectivity index (χ1n) is 9.80. The van der Waals surface area contributed by atoms with Crippen molar-refractivity contribution in [3.8, 4) is 11.5 Å². The summed E-state index contributed by atoms with van der Waals surface area (Å²) >= 11 is 0. The van der Waals surface area contributed by atoms with Crippen LogP contribution in [0.1, 0.15) is 38.7 Å². The van der Waals surface area contributed by atoms with E-state index in [-0.39, 0.29) is 29.5 Å². The molecule has 7 heteroatoms. The molecular formula is C21H29NO5S. The molecule has 1 saturated heterocycles. The quantitative estimate of drug-likeness (QED) is 0.620. The van der Waals surface area contributed by atoms with Crippen LogP contribution in [-0.4, -0.2) is 56.5 Å². The highest BCUT2D eigenvalue weighted by Gasteiger charge is 2.41. The van der Waals surface area contributed by atoms with E-state index in [0.29, 0.717) is 30.4 Å². The Morgan fingerprint density at radius 3 is 2.54 bits per heavy atom. The molecule has 1 atom stereocenters. The molecule has 1 amide bonds. The Morgan fingerprint density at radius 2 is 1.96 bits per heavy atom. The number of rotatable bonds is 8. The predicted molar refractivity (Wildman–Crippen MR) is 109 cm³/mol. The molecule has 1 aliphatic carbocycles. The van der Waals surface area contributed by atoms with E-state index in [9.17, 15) is 13.2 Å². The molecule has 3 rings (SSSR count). The predicted octanol–water partition coefficient (Wildman–Crippen LogP) is 2.92. The maximum Gasteiger partial charge on any atom is 0.247 e. The molecule has 1 aromatic rings. The smallest absolute Gasteiger partial charge is 0.247 e. The number of hydrogen-bond acceptors (Lipinski definition) is 5. The highest BCUT2D eigenvalue weighted by atomic mass is 32.2. The van der Waals surface area contributed by atoms with Gasteiger partial charge in [-0.25, -0.2) is 8.42 Å². The fourth-order valence-corrected chi connectivity index (χ4v) is 5.13. The normalized spacial score (nSPS) is 21.2. The van der Waals surface area contributed by atoms with Crippen LogP contribution in [0.25, 0.3) is 6.08 Å². The van der Waals surface area contributed by atoms with Gasteiger partial charge in [-0.05, 0) is 49.0 Å². The van der Waals surface area contributed by atoms with Gasteiger partial charge in [0.1, 0.15) is 0 Å². The Bertz CT molecular complexity index is 842. The van der Waals surface area contributed by atoms with Gasteiger partial charge in [-0.3, -0.25) is 4.79 Å². The lowest BCUT2D eigenvalue weighted by molar-refractivity contribution is -0.128. The summed E-state index contributed by atoms with van der Waals surface area (Å²) in [6.07, 6.45) is 5.72. The number of sulfone groups is 1. The van der Waals surface area contributed by atoms with Crippen molar-refractivity contribution in [1.29, 1.82) is 0 Å². The topological polar surface area (TPSA) is 72.9 Å². The number of methoxy groups -OCH3 is 1. The van der Waals surface area contributed by atoms with E-state index in [4.69, 9.17) is 9.47 Å². The van der Waals surface area contributed by atoms with Gasteiger partial charge in [0.2, 0.25) is 5.91 Å². The van der Waals surface area contributed by atoms with E-state index in [1.165, 1.54) is 6.08 Å². The van der Waals surface area contributed by atoms with Gasteiger partial charge in [0, 0.05) is 18.2 Å². The monoisotopic (exact) mass is 407 g/mol. The summed E-state index contributed by atoms with van der Waals surface area (Å²) in [5, 5.41) is 0. The van der Waals surface area contributed by atoms with Crippen molar-refractivity contribution < 1.29 is 22.7 Å². The lowest BCUT2D eigenvalue weighted by atomic mass is 10.1. The molecule has 28 heavy (non-hydrogen) atoms. The van der Waals surface area contributed by atoms with Crippen LogP contribution < -0.4 is 9.47 Å². The minimum atomic E-state index is -3.02. The molecule has 1 aliphatic heterocycles. The summed E-state index contributed by atoms with van der Waals surface area (Å²) in [4.78, 5) is 14.6. The summed E-state index contributed by atoms with van der Waals surface area (Å²) in [5.74, 6) is 1.84. The SMILES string of the molecule is COc1cc(/C=C/C(=O)N(C2CC2)C2CCS(=O)(=O)C2)ccc1OCC(C)C. The van der Waals surface area contributed by atoms with Gasteiger partial charge in [-0.2, -0.15) is 0 Å². The zero-order valence-electron chi connectivity index (χ0n) is 16.8. The standard InChI is InChI=1S/C21H29NO5S/c1-15(2)13-27-19-8-4-16(12-20(19)26-3)5-9-21(23)22(17-6-7-17)18-10-11-28(24,25)14-18/h4-5,8-9,12,15,17-18H,6-7,10-11,13-14H2,1-3H3/b9-5+. The second kappa shape index (κ2) is 8.55. The highest BCUT2D eigenvalue weighted by Crippen LogP contribution is 2.33. The number of benzene rings is 1. The van der Waals surface area contributed by atoms with E-state index < -0.39 is 9.84 Å². The fourth-order valence-electron chi connectivity index (χ4n) is 3.42. The van der Waals surface area contributed by atoms with Crippen molar-refractivity contribution in [2.75, 3.05) is 25.2 Å². The summed E-state index contributed by atoms with van der Waals surface area (Å²) in [7, 11) is -1.43. The number of ether oxygens (including phenoxy) is 2. The van der Waals surface area contributed by atoms with Crippen molar-refractivity contribution in [2.24, 2.45) is 5.92 Å². The average Bonchev–Trinajstić information content (AvgIpc) is 3.41. The molecule has 154 valence electrons. The van der Waals surface area contributed by atoms with Gasteiger partial charge in [0.05, 0.1) is 25.2 Å². The molecule has 0 spiro atoms. The second-order valence-electron chi connectivity index (χ2n) is 7.98. The van der Waals surface area contributed by atoms with Crippen LogP contribution in [0.2, 0.25) is 0 Å². The Hall–Kier alpha value is -2.02. The summed E-state index contributed by atoms with van der Waals surface area (Å²) in [5.41, 5.74) is 0.830. The molecule has 1 aromatic carbocycles. The number of nitrogens with zero attached hydrogens (tertiary/aromatic N) is 1. The molecule has 1 heterocycles. The van der Waals surface area contributed by atoms with Crippen molar-refractivity contribution >= 4 is 21.8 Å². The van der Waals surface area contributed by atoms with E-state index in [1.807, 2.05) is 18.2 Å². The Kier molecular flexibility index (Phi) is 6.33. The molecule has 6 nitrogen and oxygen atoms in total. The van der Waals surface area contributed by atoms with Gasteiger partial charge in [0.15, 0.2) is 21.3 Å². The number of hydrogen-bond donors (Lipinski definition) is 0. The van der Waals surface area contributed by atoms with Crippen LogP contribution in [0.5, 0.6) is 11.5 Å². The van der Waals surface area contributed by atoms with Gasteiger partial charge >= 0.3 is 0 Å². The van der Waals surface area contributed by atoms with Crippen molar-refractivity contribution in [3.63, 3.8) is 0 Å². The zero-order chi connectivity index (χ0) is 20.3. The van der Waals surface area contributed by atoms with Crippen LogP contribution in [0, 0.1) is 5.92 Å². The molecule has 0 N–H and O–H groups in total. The molecule has 1 saturated carbocycles. The first-order valence-corrected chi connectivity index (χ1v) is 11.6. The number of carbonyl (C=O) groups excluding carboxylic acids is 1. The van der Waals surface area contributed by atoms with Crippen molar-refractivity contribution in [3.05, 3.63) is 29.8 Å². The lowest BCUT2D eigenvalue weighted by Gasteiger charge is -2.27. The lowest BCUT2D eigenvalue weighted by Crippen LogP contribution is -2.41. The van der Waals surface area contributed by atoms with E-state index >= 15 is 0 Å². The second-order valence-corrected chi connectivity index (χ2v) is 10.2. The first-order chi connectivity index (χ1) is 13.3. The first kappa shape index (κ1) is 20.7. The maximum absolute atomic E-state index is 12.8. The molecule has 0 aromatic heterocycles. The van der Waals surface area contributed by atoms with Crippen LogP contribution in [0.3, 0.4) is 0 Å². The van der Waals surface area contributed by atoms with Gasteiger partial charge in [-0.1, -0.05) is 19.9 Å². The Labute approximate surface area is 167 Å². The van der Waals surface area contributed by atoms with Crippen LogP contribution in [-0.2, 0) is 14.6 Å². The third kappa shape index (κ3) is 5.28. The molecule has 2 fully saturated rings. The van der Waals surface area contributed by atoms with E-state index in [2.05, 4.69) is 13.8 Å². The molecule has 0 bridgehead atoms. The van der Waals surface area contributed by atoms with Crippen LogP contribution >= 0.6 is 0 Å². The Morgan fingerprint density at radius 1 is 1.21 bits per heavy atom. The fraction of sp³-hybridized carbons (Fsp3) is 0.571. The summed E-state index contributed by atoms with van der Waals surface area (Å²) < 4.78 is 34.8. The third-order valence-electron chi connectivity index (χ3n) is 4.97. The van der Waals surface area contributed by atoms with Crippen LogP contribution in [0.15, 0.2) is 24.3 Å². The minimum absolute atomic E-state index is 0.0821. The van der Waals surface area contributed by atoms with Crippen LogP contribution in [0.4, 0.5) is 0 Å². The van der Waals surface area contributed by atoms with Gasteiger partial charge < -0.3 is 14.4 Å². The largest absolute Gasteiger partial charge is 0.493 e. The average molecular weight is 408 g/mol. The molecule has 1 unspecified atom stereocenters. The van der Waals surface area contributed by atoms with E-state index in [1.54, 1.807) is 18.1 Å². The highest BCUT2D eigenvalue weighted by molar-refractivity contribution is 7.91. The third-order valence-corrected chi connectivity index (χ3v) is 6.73. The van der Waals surface area contributed by atoms with Crippen molar-refractivity contribution in [1.82, 2.24) is 4.90 Å². The summed E-state index contributed by atoms with van der Waals surface area (Å²) in [6, 6.07) is 5.53. The van der Waals surface area contributed by atoms with Gasteiger partial charge in [0.25, 0.3) is 0 Å². The molecule has 0 radical (unpaired) electrons. The van der Waals surface area contributed by atoms with E-state index in [0.717, 1.165) is 18.4 Å². The summed E-state index contributed by atoms with van der Waals surface area (Å²) in [6.45, 7) is 4.76. The number of carbonyl (C=O) groups is 1. The molecule has 2 aliphatic rings. The van der Waals surface area contributed by atoms with Crippen molar-refractivity contribution in [2.45, 2.75) is 45.2 Å². The minimum Gasteiger partial charge on any atom is -0.493 e. The Balaban J connectivity index is 1.70.